The molecule has 2 aromatic carbocycles. The highest BCUT2D eigenvalue weighted by Gasteiger charge is 2.16. The maximum atomic E-state index is 8.90. The van der Waals surface area contributed by atoms with E-state index < -0.39 is 0 Å². The van der Waals surface area contributed by atoms with Crippen LogP contribution in [-0.2, 0) is 12.8 Å². The number of rotatable bonds is 9. The number of nitriles is 1. The van der Waals surface area contributed by atoms with Crippen LogP contribution in [0.5, 0.6) is 0 Å². The molecule has 1 aliphatic carbocycles. The first kappa shape index (κ1) is 21.1. The van der Waals surface area contributed by atoms with Crippen molar-refractivity contribution in [2.75, 3.05) is 0 Å². The predicted molar refractivity (Wildman–Crippen MR) is 123 cm³/mol. The molecule has 29 heavy (non-hydrogen) atoms. The van der Waals surface area contributed by atoms with E-state index >= 15 is 0 Å². The Morgan fingerprint density at radius 2 is 1.62 bits per heavy atom. The molecule has 0 spiro atoms. The van der Waals surface area contributed by atoms with Crippen LogP contribution >= 0.6 is 0 Å². The van der Waals surface area contributed by atoms with Gasteiger partial charge in [0.15, 0.2) is 0 Å². The van der Waals surface area contributed by atoms with E-state index in [1.807, 2.05) is 12.1 Å². The molecule has 0 heterocycles. The quantitative estimate of drug-likeness (QED) is 0.322. The third kappa shape index (κ3) is 6.75. The molecule has 0 saturated carbocycles. The third-order valence-corrected chi connectivity index (χ3v) is 6.10. The number of hydrogen-bond acceptors (Lipinski definition) is 1. The first-order chi connectivity index (χ1) is 14.3. The van der Waals surface area contributed by atoms with E-state index in [-0.39, 0.29) is 0 Å². The average molecular weight is 384 g/mol. The van der Waals surface area contributed by atoms with Gasteiger partial charge in [0.25, 0.3) is 0 Å². The summed E-state index contributed by atoms with van der Waals surface area (Å²) < 4.78 is 0. The topological polar surface area (TPSA) is 23.8 Å². The second kappa shape index (κ2) is 11.4. The second-order valence-corrected chi connectivity index (χ2v) is 8.20. The lowest BCUT2D eigenvalue weighted by atomic mass is 9.83. The molecule has 0 aliphatic heterocycles. The minimum Gasteiger partial charge on any atom is -0.192 e. The highest BCUT2D eigenvalue weighted by atomic mass is 14.2. The van der Waals surface area contributed by atoms with Gasteiger partial charge in [-0.3, -0.25) is 0 Å². The standard InChI is InChI=1S/C28H33N/c1-2-3-4-5-6-7-23-14-18-27(19-15-23)28-20-16-25(17-21-28)9-8-24-10-12-26(22-29)13-11-24/h2-3,10-14,16-17,20-21,27H,4-9,15,18-19H2,1H3/b3-2+. The van der Waals surface area contributed by atoms with Crippen molar-refractivity contribution < 1.29 is 0 Å². The van der Waals surface area contributed by atoms with E-state index in [1.54, 1.807) is 5.57 Å². The second-order valence-electron chi connectivity index (χ2n) is 8.20. The lowest BCUT2D eigenvalue weighted by molar-refractivity contribution is 0.576. The van der Waals surface area contributed by atoms with Gasteiger partial charge in [-0.05, 0) is 99.5 Å². The monoisotopic (exact) mass is 383 g/mol. The summed E-state index contributed by atoms with van der Waals surface area (Å²) in [6.45, 7) is 2.10. The maximum absolute atomic E-state index is 8.90. The number of aryl methyl sites for hydroxylation is 2. The highest BCUT2D eigenvalue weighted by Crippen LogP contribution is 2.34. The van der Waals surface area contributed by atoms with Gasteiger partial charge in [-0.25, -0.2) is 0 Å². The molecule has 1 nitrogen and oxygen atoms in total. The highest BCUT2D eigenvalue weighted by molar-refractivity contribution is 5.33. The van der Waals surface area contributed by atoms with E-state index in [2.05, 4.69) is 67.6 Å². The Labute approximate surface area is 176 Å². The Hall–Kier alpha value is -2.59. The summed E-state index contributed by atoms with van der Waals surface area (Å²) in [5, 5.41) is 8.90. The molecular formula is C28H33N. The van der Waals surface area contributed by atoms with Crippen LogP contribution in [0.4, 0.5) is 0 Å². The summed E-state index contributed by atoms with van der Waals surface area (Å²) in [4.78, 5) is 0. The van der Waals surface area contributed by atoms with E-state index in [4.69, 9.17) is 5.26 Å². The van der Waals surface area contributed by atoms with Crippen LogP contribution < -0.4 is 0 Å². The molecule has 3 rings (SSSR count). The van der Waals surface area contributed by atoms with E-state index in [9.17, 15) is 0 Å². The zero-order valence-electron chi connectivity index (χ0n) is 17.7. The summed E-state index contributed by atoms with van der Waals surface area (Å²) in [7, 11) is 0. The summed E-state index contributed by atoms with van der Waals surface area (Å²) >= 11 is 0. The van der Waals surface area contributed by atoms with Crippen LogP contribution in [0.3, 0.4) is 0 Å². The molecule has 0 saturated heterocycles. The van der Waals surface area contributed by atoms with Crippen molar-refractivity contribution in [3.8, 4) is 6.07 Å². The first-order valence-corrected chi connectivity index (χ1v) is 11.2. The van der Waals surface area contributed by atoms with E-state index in [0.29, 0.717) is 5.92 Å². The van der Waals surface area contributed by atoms with Crippen LogP contribution in [0.1, 0.15) is 80.0 Å². The van der Waals surface area contributed by atoms with Crippen molar-refractivity contribution in [2.24, 2.45) is 0 Å². The molecule has 0 amide bonds. The fourth-order valence-corrected chi connectivity index (χ4v) is 4.19. The van der Waals surface area contributed by atoms with Crippen LogP contribution in [0.2, 0.25) is 0 Å². The van der Waals surface area contributed by atoms with Crippen LogP contribution in [0.25, 0.3) is 0 Å². The summed E-state index contributed by atoms with van der Waals surface area (Å²) in [6, 6.07) is 19.4. The number of allylic oxidation sites excluding steroid dienone is 4. The van der Waals surface area contributed by atoms with Gasteiger partial charge < -0.3 is 0 Å². The van der Waals surface area contributed by atoms with Gasteiger partial charge in [-0.15, -0.1) is 0 Å². The van der Waals surface area contributed by atoms with Crippen molar-refractivity contribution in [3.63, 3.8) is 0 Å². The third-order valence-electron chi connectivity index (χ3n) is 6.10. The Morgan fingerprint density at radius 1 is 0.931 bits per heavy atom. The van der Waals surface area contributed by atoms with Gasteiger partial charge in [-0.2, -0.15) is 5.26 Å². The lowest BCUT2D eigenvalue weighted by Crippen LogP contribution is -2.05. The first-order valence-electron chi connectivity index (χ1n) is 11.2. The summed E-state index contributed by atoms with van der Waals surface area (Å²) in [6.07, 6.45) is 18.0. The Kier molecular flexibility index (Phi) is 8.32. The van der Waals surface area contributed by atoms with Gasteiger partial charge in [0.1, 0.15) is 0 Å². The molecule has 2 aromatic rings. The SMILES string of the molecule is C/C=C/CCCCC1=CCC(c2ccc(CCc3ccc(C#N)cc3)cc2)CC1. The van der Waals surface area contributed by atoms with Crippen LogP contribution in [0, 0.1) is 11.3 Å². The normalized spacial score (nSPS) is 16.6. The molecule has 0 N–H and O–H groups in total. The molecular weight excluding hydrogens is 350 g/mol. The number of unbranched alkanes of at least 4 members (excludes halogenated alkanes) is 2. The fourth-order valence-electron chi connectivity index (χ4n) is 4.19. The smallest absolute Gasteiger partial charge is 0.0991 e. The zero-order valence-corrected chi connectivity index (χ0v) is 17.7. The molecule has 0 aromatic heterocycles. The minimum absolute atomic E-state index is 0.689. The molecule has 150 valence electrons. The van der Waals surface area contributed by atoms with Gasteiger partial charge >= 0.3 is 0 Å². The predicted octanol–water partition coefficient (Wildman–Crippen LogP) is 7.67. The maximum Gasteiger partial charge on any atom is 0.0991 e. The van der Waals surface area contributed by atoms with Crippen molar-refractivity contribution in [2.45, 2.75) is 70.6 Å². The van der Waals surface area contributed by atoms with Crippen LogP contribution in [-0.4, -0.2) is 0 Å². The van der Waals surface area contributed by atoms with Gasteiger partial charge in [0, 0.05) is 0 Å². The summed E-state index contributed by atoms with van der Waals surface area (Å²) in [5.41, 5.74) is 6.60. The molecule has 1 aliphatic rings. The number of nitrogens with zero attached hydrogens (tertiary/aromatic N) is 1. The minimum atomic E-state index is 0.689. The van der Waals surface area contributed by atoms with E-state index in [0.717, 1.165) is 18.4 Å². The molecule has 0 bridgehead atoms. The lowest BCUT2D eigenvalue weighted by Gasteiger charge is -2.22. The van der Waals surface area contributed by atoms with Crippen molar-refractivity contribution in [1.82, 2.24) is 0 Å². The Morgan fingerprint density at radius 3 is 2.21 bits per heavy atom. The number of hydrogen-bond donors (Lipinski definition) is 0. The Bertz CT molecular complexity index is 847. The fraction of sp³-hybridized carbons (Fsp3) is 0.393. The molecule has 1 heteroatoms. The summed E-state index contributed by atoms with van der Waals surface area (Å²) in [5.74, 6) is 0.689. The molecule has 0 fully saturated rings. The van der Waals surface area contributed by atoms with Gasteiger partial charge in [0.05, 0.1) is 11.6 Å². The molecule has 0 radical (unpaired) electrons. The van der Waals surface area contributed by atoms with Crippen molar-refractivity contribution in [1.29, 1.82) is 5.26 Å². The number of benzene rings is 2. The van der Waals surface area contributed by atoms with E-state index in [1.165, 1.54) is 61.6 Å². The zero-order chi connectivity index (χ0) is 20.3. The average Bonchev–Trinajstić information content (AvgIpc) is 2.79. The van der Waals surface area contributed by atoms with Crippen molar-refractivity contribution >= 4 is 0 Å². The van der Waals surface area contributed by atoms with Gasteiger partial charge in [-0.1, -0.05) is 60.2 Å². The largest absolute Gasteiger partial charge is 0.192 e. The molecule has 1 unspecified atom stereocenters. The van der Waals surface area contributed by atoms with Gasteiger partial charge in [0.2, 0.25) is 0 Å². The Balaban J connectivity index is 1.44. The molecule has 1 atom stereocenters. The van der Waals surface area contributed by atoms with Crippen LogP contribution in [0.15, 0.2) is 72.3 Å². The van der Waals surface area contributed by atoms with Crippen molar-refractivity contribution in [3.05, 3.63) is 94.6 Å².